The number of fused-ring (bicyclic) bond motifs is 1. The highest BCUT2D eigenvalue weighted by Gasteiger charge is 2.21. The fourth-order valence-corrected chi connectivity index (χ4v) is 3.69. The number of nitrogens with one attached hydrogen (secondary N) is 1. The first-order valence-corrected chi connectivity index (χ1v) is 11.4. The van der Waals surface area contributed by atoms with E-state index in [9.17, 15) is 14.7 Å². The molecule has 0 aliphatic heterocycles. The van der Waals surface area contributed by atoms with Gasteiger partial charge in [-0.05, 0) is 54.1 Å². The van der Waals surface area contributed by atoms with Crippen molar-refractivity contribution in [2.24, 2.45) is 19.2 Å². The van der Waals surface area contributed by atoms with Crippen molar-refractivity contribution in [1.29, 1.82) is 0 Å². The number of imidazole rings is 1. The van der Waals surface area contributed by atoms with Gasteiger partial charge in [-0.2, -0.15) is 10.1 Å². The lowest BCUT2D eigenvalue weighted by Gasteiger charge is -2.15. The zero-order valence-corrected chi connectivity index (χ0v) is 20.9. The third kappa shape index (κ3) is 5.48. The monoisotopic (exact) mass is 508 g/mol. The van der Waals surface area contributed by atoms with Crippen molar-refractivity contribution in [3.63, 3.8) is 0 Å². The quantitative estimate of drug-likeness (QED) is 0.242. The van der Waals surface area contributed by atoms with E-state index in [0.717, 1.165) is 15.9 Å². The Morgan fingerprint density at radius 1 is 0.973 bits per heavy atom. The summed E-state index contributed by atoms with van der Waals surface area (Å²) < 4.78 is 19.7. The van der Waals surface area contributed by atoms with Crippen LogP contribution in [0.15, 0.2) is 63.2 Å². The van der Waals surface area contributed by atoms with Crippen LogP contribution >= 0.6 is 0 Å². The van der Waals surface area contributed by atoms with Gasteiger partial charge in [-0.25, -0.2) is 10.2 Å². The highest BCUT2D eigenvalue weighted by atomic mass is 16.5. The summed E-state index contributed by atoms with van der Waals surface area (Å²) in [6, 6.07) is 14.2. The van der Waals surface area contributed by atoms with Gasteiger partial charge in [-0.1, -0.05) is 0 Å². The second-order valence-electron chi connectivity index (χ2n) is 8.21. The first kappa shape index (κ1) is 25.5. The molecule has 0 saturated carbocycles. The van der Waals surface area contributed by atoms with Crippen LogP contribution < -0.4 is 30.9 Å². The predicted molar refractivity (Wildman–Crippen MR) is 139 cm³/mol. The molecule has 0 aliphatic rings. The van der Waals surface area contributed by atoms with Crippen LogP contribution in [0.3, 0.4) is 0 Å². The maximum Gasteiger partial charge on any atom is 0.332 e. The highest BCUT2D eigenvalue weighted by molar-refractivity contribution is 5.80. The number of aryl methyl sites for hydroxylation is 1. The third-order valence-corrected chi connectivity index (χ3v) is 5.74. The summed E-state index contributed by atoms with van der Waals surface area (Å²) in [6.45, 7) is -0.0902. The number of hydrogen-bond donors (Lipinski definition) is 2. The van der Waals surface area contributed by atoms with E-state index in [1.165, 1.54) is 23.2 Å². The summed E-state index contributed by atoms with van der Waals surface area (Å²) >= 11 is 0. The fourth-order valence-electron chi connectivity index (χ4n) is 3.69. The van der Waals surface area contributed by atoms with Gasteiger partial charge in [0.05, 0.1) is 27.0 Å². The number of aromatic nitrogens is 4. The van der Waals surface area contributed by atoms with Gasteiger partial charge in [-0.3, -0.25) is 13.9 Å². The van der Waals surface area contributed by atoms with Crippen molar-refractivity contribution in [2.75, 3.05) is 26.3 Å². The Kier molecular flexibility index (Phi) is 7.58. The van der Waals surface area contributed by atoms with Crippen LogP contribution in [0.25, 0.3) is 11.2 Å². The van der Waals surface area contributed by atoms with Crippen LogP contribution in [0.1, 0.15) is 5.56 Å². The summed E-state index contributed by atoms with van der Waals surface area (Å²) in [7, 11) is 6.07. The number of aliphatic hydroxyl groups is 1. The molecule has 4 rings (SSSR count). The minimum atomic E-state index is -1.01. The second-order valence-corrected chi connectivity index (χ2v) is 8.21. The SMILES string of the molecule is COc1ccc(C=NNc2nc3c(c(=O)n(C)c(=O)n3C)n2CC(O)COc2ccc(OC)cc2)cc1. The van der Waals surface area contributed by atoms with E-state index in [2.05, 4.69) is 15.5 Å². The number of benzene rings is 2. The van der Waals surface area contributed by atoms with Gasteiger partial charge in [0.25, 0.3) is 5.56 Å². The lowest BCUT2D eigenvalue weighted by molar-refractivity contribution is 0.0938. The first-order valence-electron chi connectivity index (χ1n) is 11.4. The van der Waals surface area contributed by atoms with E-state index >= 15 is 0 Å². The number of anilines is 1. The molecule has 12 nitrogen and oxygen atoms in total. The lowest BCUT2D eigenvalue weighted by atomic mass is 10.2. The summed E-state index contributed by atoms with van der Waals surface area (Å²) in [5.41, 5.74) is 2.88. The normalized spacial score (nSPS) is 12.1. The average Bonchev–Trinajstić information content (AvgIpc) is 3.28. The van der Waals surface area contributed by atoms with Gasteiger partial charge in [0.15, 0.2) is 11.2 Å². The molecular weight excluding hydrogens is 480 g/mol. The zero-order chi connectivity index (χ0) is 26.5. The zero-order valence-electron chi connectivity index (χ0n) is 20.9. The first-order chi connectivity index (χ1) is 17.8. The van der Waals surface area contributed by atoms with Crippen molar-refractivity contribution in [3.8, 4) is 17.2 Å². The van der Waals surface area contributed by atoms with Crippen molar-refractivity contribution >= 4 is 23.3 Å². The topological polar surface area (TPSA) is 134 Å². The van der Waals surface area contributed by atoms with Crippen LogP contribution in [0.5, 0.6) is 17.2 Å². The molecule has 2 heterocycles. The molecule has 1 atom stereocenters. The second kappa shape index (κ2) is 11.0. The minimum Gasteiger partial charge on any atom is -0.497 e. The molecule has 2 N–H and O–H groups in total. The summed E-state index contributed by atoms with van der Waals surface area (Å²) in [5, 5.41) is 15.0. The molecular formula is C25H28N6O6. The predicted octanol–water partition coefficient (Wildman–Crippen LogP) is 1.34. The Balaban J connectivity index is 1.61. The summed E-state index contributed by atoms with van der Waals surface area (Å²) in [6.07, 6.45) is 0.566. The molecule has 0 aliphatic carbocycles. The molecule has 0 radical (unpaired) electrons. The largest absolute Gasteiger partial charge is 0.497 e. The van der Waals surface area contributed by atoms with E-state index in [1.54, 1.807) is 56.8 Å². The lowest BCUT2D eigenvalue weighted by Crippen LogP contribution is -2.38. The Hall–Kier alpha value is -4.58. The van der Waals surface area contributed by atoms with Crippen molar-refractivity contribution in [1.82, 2.24) is 18.7 Å². The van der Waals surface area contributed by atoms with E-state index < -0.39 is 17.4 Å². The average molecular weight is 509 g/mol. The highest BCUT2D eigenvalue weighted by Crippen LogP contribution is 2.19. The number of nitrogens with zero attached hydrogens (tertiary/aromatic N) is 5. The van der Waals surface area contributed by atoms with Crippen molar-refractivity contribution in [2.45, 2.75) is 12.6 Å². The van der Waals surface area contributed by atoms with Crippen molar-refractivity contribution < 1.29 is 19.3 Å². The van der Waals surface area contributed by atoms with E-state index in [-0.39, 0.29) is 30.3 Å². The Bertz CT molecular complexity index is 1520. The Morgan fingerprint density at radius 3 is 2.19 bits per heavy atom. The molecule has 0 bridgehead atoms. The van der Waals surface area contributed by atoms with E-state index in [0.29, 0.717) is 11.5 Å². The molecule has 0 spiro atoms. The number of ether oxygens (including phenoxy) is 3. The molecule has 2 aromatic carbocycles. The molecule has 12 heteroatoms. The van der Waals surface area contributed by atoms with Crippen LogP contribution in [-0.2, 0) is 20.6 Å². The maximum atomic E-state index is 13.0. The summed E-state index contributed by atoms with van der Waals surface area (Å²) in [4.78, 5) is 29.9. The van der Waals surface area contributed by atoms with Gasteiger partial charge in [0, 0.05) is 14.1 Å². The van der Waals surface area contributed by atoms with Crippen LogP contribution in [0, 0.1) is 0 Å². The fraction of sp³-hybridized carbons (Fsp3) is 0.280. The van der Waals surface area contributed by atoms with Gasteiger partial charge in [0.2, 0.25) is 5.95 Å². The van der Waals surface area contributed by atoms with Gasteiger partial charge < -0.3 is 23.9 Å². The molecule has 4 aromatic rings. The van der Waals surface area contributed by atoms with Crippen LogP contribution in [0.4, 0.5) is 5.95 Å². The third-order valence-electron chi connectivity index (χ3n) is 5.74. The molecule has 194 valence electrons. The van der Waals surface area contributed by atoms with Crippen LogP contribution in [-0.4, -0.2) is 56.9 Å². The Labute approximate surface area is 212 Å². The maximum absolute atomic E-state index is 13.0. The molecule has 0 saturated heterocycles. The number of hydrazone groups is 1. The minimum absolute atomic E-state index is 0.0412. The standard InChI is InChI=1S/C25H28N6O6/c1-29-22-21(23(33)30(2)25(29)34)31(14-17(32)15-37-20-11-9-19(36-4)10-12-20)24(27-22)28-26-13-16-5-7-18(35-3)8-6-16/h5-13,17,32H,14-15H2,1-4H3,(H,27,28). The van der Waals surface area contributed by atoms with Crippen molar-refractivity contribution in [3.05, 3.63) is 74.9 Å². The Morgan fingerprint density at radius 2 is 1.57 bits per heavy atom. The molecule has 0 amide bonds. The molecule has 37 heavy (non-hydrogen) atoms. The van der Waals surface area contributed by atoms with Gasteiger partial charge >= 0.3 is 5.69 Å². The van der Waals surface area contributed by atoms with Gasteiger partial charge in [0.1, 0.15) is 30.0 Å². The smallest absolute Gasteiger partial charge is 0.332 e. The van der Waals surface area contributed by atoms with Crippen LogP contribution in [0.2, 0.25) is 0 Å². The molecule has 1 unspecified atom stereocenters. The number of aliphatic hydroxyl groups excluding tert-OH is 1. The van der Waals surface area contributed by atoms with E-state index in [1.807, 2.05) is 12.1 Å². The van der Waals surface area contributed by atoms with E-state index in [4.69, 9.17) is 14.2 Å². The number of methoxy groups -OCH3 is 2. The number of rotatable bonds is 10. The number of hydrogen-bond acceptors (Lipinski definition) is 9. The molecule has 2 aromatic heterocycles. The summed E-state index contributed by atoms with van der Waals surface area (Å²) in [5.74, 6) is 2.14. The molecule has 0 fully saturated rings. The van der Waals surface area contributed by atoms with Gasteiger partial charge in [-0.15, -0.1) is 0 Å².